The molecule has 0 fully saturated rings. The maximum atomic E-state index is 4.28. The van der Waals surface area contributed by atoms with E-state index >= 15 is 0 Å². The third kappa shape index (κ3) is 2.51. The SMILES string of the molecule is CCCc1nnc2n1NCC=C(c1ccccc1)S2. The summed E-state index contributed by atoms with van der Waals surface area (Å²) >= 11 is 1.67. The third-order valence-corrected chi connectivity index (χ3v) is 4.04. The van der Waals surface area contributed by atoms with E-state index in [1.165, 1.54) is 10.5 Å². The van der Waals surface area contributed by atoms with Crippen LogP contribution in [0.1, 0.15) is 24.7 Å². The highest BCUT2D eigenvalue weighted by Gasteiger charge is 2.16. The first kappa shape index (κ1) is 12.3. The fourth-order valence-corrected chi connectivity index (χ4v) is 3.02. The zero-order chi connectivity index (χ0) is 13.1. The molecule has 0 amide bonds. The van der Waals surface area contributed by atoms with Gasteiger partial charge in [0, 0.05) is 11.3 Å². The topological polar surface area (TPSA) is 42.7 Å². The minimum atomic E-state index is 0.791. The Hall–Kier alpha value is -1.75. The molecule has 0 saturated carbocycles. The fourth-order valence-electron chi connectivity index (χ4n) is 2.06. The average molecular weight is 272 g/mol. The molecule has 1 aliphatic rings. The number of thioether (sulfide) groups is 1. The lowest BCUT2D eigenvalue weighted by molar-refractivity contribution is 0.717. The summed E-state index contributed by atoms with van der Waals surface area (Å²) in [5, 5.41) is 9.46. The average Bonchev–Trinajstić information content (AvgIpc) is 2.71. The summed E-state index contributed by atoms with van der Waals surface area (Å²) in [5.74, 6) is 1.01. The smallest absolute Gasteiger partial charge is 0.214 e. The van der Waals surface area contributed by atoms with E-state index in [4.69, 9.17) is 0 Å². The van der Waals surface area contributed by atoms with Gasteiger partial charge in [0.1, 0.15) is 0 Å². The Bertz CT molecular complexity index is 589. The molecule has 0 unspecified atom stereocenters. The number of hydrogen-bond donors (Lipinski definition) is 1. The Balaban J connectivity index is 1.90. The van der Waals surface area contributed by atoms with Crippen LogP contribution in [0.2, 0.25) is 0 Å². The van der Waals surface area contributed by atoms with E-state index in [0.29, 0.717) is 0 Å². The Kier molecular flexibility index (Phi) is 3.55. The minimum absolute atomic E-state index is 0.791. The van der Waals surface area contributed by atoms with Gasteiger partial charge in [-0.2, -0.15) is 0 Å². The highest BCUT2D eigenvalue weighted by molar-refractivity contribution is 8.08. The van der Waals surface area contributed by atoms with Gasteiger partial charge in [0.15, 0.2) is 5.82 Å². The first-order chi connectivity index (χ1) is 9.38. The number of aromatic nitrogens is 3. The van der Waals surface area contributed by atoms with Gasteiger partial charge in [-0.25, -0.2) is 4.68 Å². The van der Waals surface area contributed by atoms with Crippen molar-refractivity contribution in [3.05, 3.63) is 47.8 Å². The predicted molar refractivity (Wildman–Crippen MR) is 78.5 cm³/mol. The summed E-state index contributed by atoms with van der Waals surface area (Å²) in [6.45, 7) is 2.94. The molecule has 4 nitrogen and oxygen atoms in total. The van der Waals surface area contributed by atoms with Crippen molar-refractivity contribution in [1.82, 2.24) is 14.9 Å². The van der Waals surface area contributed by atoms with Crippen molar-refractivity contribution in [2.45, 2.75) is 24.9 Å². The molecule has 98 valence electrons. The summed E-state index contributed by atoms with van der Waals surface area (Å²) in [5.41, 5.74) is 4.58. The summed E-state index contributed by atoms with van der Waals surface area (Å²) in [6.07, 6.45) is 4.22. The van der Waals surface area contributed by atoms with E-state index in [1.54, 1.807) is 11.8 Å². The van der Waals surface area contributed by atoms with Crippen molar-refractivity contribution in [3.8, 4) is 0 Å². The lowest BCUT2D eigenvalue weighted by Gasteiger charge is -2.07. The van der Waals surface area contributed by atoms with Gasteiger partial charge >= 0.3 is 0 Å². The van der Waals surface area contributed by atoms with Gasteiger partial charge in [0.2, 0.25) is 5.16 Å². The number of benzene rings is 1. The zero-order valence-electron chi connectivity index (χ0n) is 10.8. The van der Waals surface area contributed by atoms with Crippen LogP contribution in [0.3, 0.4) is 0 Å². The second-order valence-corrected chi connectivity index (χ2v) is 5.39. The van der Waals surface area contributed by atoms with Gasteiger partial charge in [-0.05, 0) is 29.8 Å². The Morgan fingerprint density at radius 2 is 2.11 bits per heavy atom. The fraction of sp³-hybridized carbons (Fsp3) is 0.286. The van der Waals surface area contributed by atoms with Crippen molar-refractivity contribution in [2.24, 2.45) is 0 Å². The third-order valence-electron chi connectivity index (χ3n) is 2.97. The van der Waals surface area contributed by atoms with Crippen LogP contribution in [0.25, 0.3) is 4.91 Å². The van der Waals surface area contributed by atoms with Crippen molar-refractivity contribution >= 4 is 16.7 Å². The van der Waals surface area contributed by atoms with Crippen molar-refractivity contribution in [1.29, 1.82) is 0 Å². The lowest BCUT2D eigenvalue weighted by atomic mass is 10.2. The minimum Gasteiger partial charge on any atom is -0.318 e. The van der Waals surface area contributed by atoms with Crippen LogP contribution in [0.15, 0.2) is 41.6 Å². The van der Waals surface area contributed by atoms with Gasteiger partial charge in [0.25, 0.3) is 0 Å². The normalized spacial score (nSPS) is 14.3. The number of aryl methyl sites for hydroxylation is 1. The summed E-state index contributed by atoms with van der Waals surface area (Å²) in [4.78, 5) is 1.22. The van der Waals surface area contributed by atoms with E-state index < -0.39 is 0 Å². The summed E-state index contributed by atoms with van der Waals surface area (Å²) in [6, 6.07) is 10.4. The Labute approximate surface area is 116 Å². The molecule has 1 aromatic carbocycles. The van der Waals surface area contributed by atoms with E-state index in [2.05, 4.69) is 52.9 Å². The molecule has 0 aliphatic carbocycles. The number of fused-ring (bicyclic) bond motifs is 1. The van der Waals surface area contributed by atoms with Crippen molar-refractivity contribution < 1.29 is 0 Å². The van der Waals surface area contributed by atoms with E-state index in [-0.39, 0.29) is 0 Å². The molecule has 3 rings (SSSR count). The predicted octanol–water partition coefficient (Wildman–Crippen LogP) is 2.92. The molecule has 0 radical (unpaired) electrons. The molecule has 1 N–H and O–H groups in total. The quantitative estimate of drug-likeness (QED) is 0.933. The lowest BCUT2D eigenvalue weighted by Crippen LogP contribution is -2.17. The Morgan fingerprint density at radius 3 is 2.89 bits per heavy atom. The molecular formula is C14H16N4S. The number of nitrogens with zero attached hydrogens (tertiary/aromatic N) is 3. The van der Waals surface area contributed by atoms with Gasteiger partial charge in [0.05, 0.1) is 6.54 Å². The molecule has 19 heavy (non-hydrogen) atoms. The van der Waals surface area contributed by atoms with Gasteiger partial charge in [-0.15, -0.1) is 10.2 Å². The van der Waals surface area contributed by atoms with Crippen LogP contribution < -0.4 is 5.43 Å². The van der Waals surface area contributed by atoms with Crippen LogP contribution in [0.5, 0.6) is 0 Å². The molecule has 1 aromatic heterocycles. The monoisotopic (exact) mass is 272 g/mol. The number of rotatable bonds is 3. The summed E-state index contributed by atoms with van der Waals surface area (Å²) in [7, 11) is 0. The van der Waals surface area contributed by atoms with Crippen LogP contribution in [0.4, 0.5) is 0 Å². The molecule has 0 spiro atoms. The van der Waals surface area contributed by atoms with Crippen molar-refractivity contribution in [3.63, 3.8) is 0 Å². The second kappa shape index (κ2) is 5.48. The van der Waals surface area contributed by atoms with E-state index in [9.17, 15) is 0 Å². The molecular weight excluding hydrogens is 256 g/mol. The first-order valence-corrected chi connectivity index (χ1v) is 7.31. The number of hydrogen-bond acceptors (Lipinski definition) is 4. The van der Waals surface area contributed by atoms with E-state index in [1.807, 2.05) is 10.7 Å². The zero-order valence-corrected chi connectivity index (χ0v) is 11.7. The van der Waals surface area contributed by atoms with Crippen LogP contribution in [-0.4, -0.2) is 21.4 Å². The molecule has 0 saturated heterocycles. The maximum absolute atomic E-state index is 4.28. The molecule has 1 aliphatic heterocycles. The van der Waals surface area contributed by atoms with E-state index in [0.717, 1.165) is 30.4 Å². The molecule has 2 heterocycles. The molecule has 2 aromatic rings. The maximum Gasteiger partial charge on any atom is 0.214 e. The summed E-state index contributed by atoms with van der Waals surface area (Å²) < 4.78 is 2.01. The molecule has 0 bridgehead atoms. The standard InChI is InChI=1S/C14H16N4S/c1-2-6-13-16-17-14-18(13)15-10-9-12(19-14)11-7-4-3-5-8-11/h3-5,7-9,15H,2,6,10H2,1H3. The van der Waals surface area contributed by atoms with Crippen LogP contribution in [-0.2, 0) is 6.42 Å². The Morgan fingerprint density at radius 1 is 1.26 bits per heavy atom. The van der Waals surface area contributed by atoms with Crippen LogP contribution in [0, 0.1) is 0 Å². The van der Waals surface area contributed by atoms with Gasteiger partial charge in [-0.1, -0.05) is 37.3 Å². The second-order valence-electron chi connectivity index (χ2n) is 4.38. The van der Waals surface area contributed by atoms with Crippen LogP contribution >= 0.6 is 11.8 Å². The molecule has 5 heteroatoms. The van der Waals surface area contributed by atoms with Gasteiger partial charge < -0.3 is 5.43 Å². The highest BCUT2D eigenvalue weighted by Crippen LogP contribution is 2.34. The number of nitrogens with one attached hydrogen (secondary N) is 1. The van der Waals surface area contributed by atoms with Gasteiger partial charge in [-0.3, -0.25) is 0 Å². The largest absolute Gasteiger partial charge is 0.318 e. The molecule has 0 atom stereocenters. The van der Waals surface area contributed by atoms with Crippen molar-refractivity contribution in [2.75, 3.05) is 12.0 Å². The first-order valence-electron chi connectivity index (χ1n) is 6.50. The highest BCUT2D eigenvalue weighted by atomic mass is 32.2.